The Morgan fingerprint density at radius 2 is 1.13 bits per heavy atom. The van der Waals surface area contributed by atoms with Crippen molar-refractivity contribution in [2.75, 3.05) is 0 Å². The van der Waals surface area contributed by atoms with E-state index in [9.17, 15) is 9.59 Å². The zero-order chi connectivity index (χ0) is 10.6. The molecule has 0 bridgehead atoms. The normalized spacial score (nSPS) is 8.67. The zero-order valence-corrected chi connectivity index (χ0v) is 8.94. The van der Waals surface area contributed by atoms with Gasteiger partial charge in [-0.2, -0.15) is 0 Å². The topological polar surface area (TPSA) is 52.6 Å². The Hall–Kier alpha value is -1.24. The molecule has 0 atom stereocenters. The molecule has 1 rings (SSSR count). The van der Waals surface area contributed by atoms with E-state index in [4.69, 9.17) is 9.47 Å². The van der Waals surface area contributed by atoms with Gasteiger partial charge < -0.3 is 9.47 Å². The minimum atomic E-state index is -0.384. The van der Waals surface area contributed by atoms with E-state index in [1.165, 1.54) is 13.8 Å². The predicted octanol–water partition coefficient (Wildman–Crippen LogP) is 1.16. The summed E-state index contributed by atoms with van der Waals surface area (Å²) in [6.07, 6.45) is 0. The van der Waals surface area contributed by atoms with Gasteiger partial charge >= 0.3 is 11.9 Å². The first-order valence-electron chi connectivity index (χ1n) is 4.05. The summed E-state index contributed by atoms with van der Waals surface area (Å²) in [6, 6.07) is 6.22. The Labute approximate surface area is 99.7 Å². The Kier molecular flexibility index (Phi) is 5.76. The van der Waals surface area contributed by atoms with Crippen molar-refractivity contribution in [3.8, 4) is 11.5 Å². The average molecular weight is 201 g/mol. The van der Waals surface area contributed by atoms with Gasteiger partial charge in [0.1, 0.15) is 11.5 Å². The number of hydrogen-bond acceptors (Lipinski definition) is 4. The predicted molar refractivity (Wildman–Crippen MR) is 54.8 cm³/mol. The molecule has 1 aromatic rings. The number of benzene rings is 1. The summed E-state index contributed by atoms with van der Waals surface area (Å²) in [5.74, 6) is 0.0808. The van der Waals surface area contributed by atoms with E-state index in [0.717, 1.165) is 0 Å². The molecule has 0 aromatic heterocycles. The third kappa shape index (κ3) is 5.26. The molecular formula is C10H10LiO4. The minimum absolute atomic E-state index is 0. The monoisotopic (exact) mass is 201 g/mol. The standard InChI is InChI=1S/C10H10O4.Li/c1-7(11)13-9-3-5-10(6-4-9)14-8(2)12;/h3-6H,1-2H3;. The zero-order valence-electron chi connectivity index (χ0n) is 8.94. The molecule has 0 unspecified atom stereocenters. The van der Waals surface area contributed by atoms with Crippen molar-refractivity contribution >= 4 is 30.8 Å². The quantitative estimate of drug-likeness (QED) is 0.409. The summed E-state index contributed by atoms with van der Waals surface area (Å²) in [5.41, 5.74) is 0. The SMILES string of the molecule is CC(=O)Oc1ccc(OC(C)=O)cc1.[Li]. The molecule has 0 amide bonds. The van der Waals surface area contributed by atoms with Crippen LogP contribution in [0, 0.1) is 0 Å². The first-order valence-corrected chi connectivity index (χ1v) is 4.05. The van der Waals surface area contributed by atoms with Gasteiger partial charge in [0, 0.05) is 32.7 Å². The van der Waals surface area contributed by atoms with E-state index < -0.39 is 0 Å². The maximum atomic E-state index is 10.6. The van der Waals surface area contributed by atoms with Crippen molar-refractivity contribution in [1.29, 1.82) is 0 Å². The van der Waals surface area contributed by atoms with Gasteiger partial charge in [-0.15, -0.1) is 0 Å². The largest absolute Gasteiger partial charge is 0.427 e. The molecule has 1 radical (unpaired) electrons. The summed E-state index contributed by atoms with van der Waals surface area (Å²) in [6.45, 7) is 2.64. The van der Waals surface area contributed by atoms with Gasteiger partial charge in [-0.25, -0.2) is 0 Å². The van der Waals surface area contributed by atoms with E-state index >= 15 is 0 Å². The van der Waals surface area contributed by atoms with Gasteiger partial charge in [0.25, 0.3) is 0 Å². The summed E-state index contributed by atoms with van der Waals surface area (Å²) in [7, 11) is 0. The number of hydrogen-bond donors (Lipinski definition) is 0. The van der Waals surface area contributed by atoms with Gasteiger partial charge in [0.15, 0.2) is 0 Å². The van der Waals surface area contributed by atoms with Crippen molar-refractivity contribution in [2.24, 2.45) is 0 Å². The van der Waals surface area contributed by atoms with Gasteiger partial charge in [0.05, 0.1) is 0 Å². The molecule has 75 valence electrons. The van der Waals surface area contributed by atoms with Crippen molar-refractivity contribution in [3.63, 3.8) is 0 Å². The first kappa shape index (κ1) is 13.8. The second-order valence-electron chi connectivity index (χ2n) is 2.66. The van der Waals surface area contributed by atoms with E-state index in [-0.39, 0.29) is 30.8 Å². The van der Waals surface area contributed by atoms with Crippen LogP contribution in [0.5, 0.6) is 11.5 Å². The molecule has 0 aliphatic carbocycles. The van der Waals surface area contributed by atoms with Crippen molar-refractivity contribution in [3.05, 3.63) is 24.3 Å². The second kappa shape index (κ2) is 6.28. The molecule has 4 nitrogen and oxygen atoms in total. The minimum Gasteiger partial charge on any atom is -0.427 e. The number of rotatable bonds is 2. The van der Waals surface area contributed by atoms with E-state index in [1.807, 2.05) is 0 Å². The molecule has 0 aliphatic heterocycles. The third-order valence-electron chi connectivity index (χ3n) is 1.35. The van der Waals surface area contributed by atoms with Crippen LogP contribution < -0.4 is 9.47 Å². The van der Waals surface area contributed by atoms with Crippen LogP contribution in [0.4, 0.5) is 0 Å². The Morgan fingerprint density at radius 3 is 1.33 bits per heavy atom. The van der Waals surface area contributed by atoms with Crippen LogP contribution >= 0.6 is 0 Å². The average Bonchev–Trinajstić information content (AvgIpc) is 2.06. The van der Waals surface area contributed by atoms with Gasteiger partial charge in [-0.3, -0.25) is 9.59 Å². The summed E-state index contributed by atoms with van der Waals surface area (Å²) in [5, 5.41) is 0. The summed E-state index contributed by atoms with van der Waals surface area (Å²) >= 11 is 0. The molecule has 0 N–H and O–H groups in total. The number of carbonyl (C=O) groups excluding carboxylic acids is 2. The molecule has 0 saturated heterocycles. The fraction of sp³-hybridized carbons (Fsp3) is 0.200. The number of carbonyl (C=O) groups is 2. The van der Waals surface area contributed by atoms with Crippen molar-refractivity contribution < 1.29 is 19.1 Å². The smallest absolute Gasteiger partial charge is 0.308 e. The van der Waals surface area contributed by atoms with Crippen LogP contribution in [0.2, 0.25) is 0 Å². The van der Waals surface area contributed by atoms with Crippen LogP contribution in [-0.2, 0) is 9.59 Å². The van der Waals surface area contributed by atoms with Crippen molar-refractivity contribution in [2.45, 2.75) is 13.8 Å². The molecular weight excluding hydrogens is 191 g/mol. The Balaban J connectivity index is 0.00000196. The van der Waals surface area contributed by atoms with E-state index in [1.54, 1.807) is 24.3 Å². The molecule has 0 spiro atoms. The third-order valence-corrected chi connectivity index (χ3v) is 1.35. The van der Waals surface area contributed by atoms with Gasteiger partial charge in [-0.1, -0.05) is 0 Å². The van der Waals surface area contributed by atoms with Gasteiger partial charge in [0.2, 0.25) is 0 Å². The maximum absolute atomic E-state index is 10.6. The van der Waals surface area contributed by atoms with Crippen LogP contribution in [0.3, 0.4) is 0 Å². The summed E-state index contributed by atoms with van der Waals surface area (Å²) in [4.78, 5) is 21.1. The maximum Gasteiger partial charge on any atom is 0.308 e. The first-order chi connectivity index (χ1) is 6.58. The Morgan fingerprint density at radius 1 is 0.867 bits per heavy atom. The van der Waals surface area contributed by atoms with E-state index in [2.05, 4.69) is 0 Å². The van der Waals surface area contributed by atoms with Crippen LogP contribution in [-0.4, -0.2) is 30.8 Å². The molecule has 0 heterocycles. The molecule has 5 heteroatoms. The van der Waals surface area contributed by atoms with Gasteiger partial charge in [-0.05, 0) is 24.3 Å². The molecule has 1 aromatic carbocycles. The fourth-order valence-electron chi connectivity index (χ4n) is 0.908. The second-order valence-corrected chi connectivity index (χ2v) is 2.66. The Bertz CT molecular complexity index is 310. The molecule has 15 heavy (non-hydrogen) atoms. The summed E-state index contributed by atoms with van der Waals surface area (Å²) < 4.78 is 9.59. The van der Waals surface area contributed by atoms with E-state index in [0.29, 0.717) is 11.5 Å². The van der Waals surface area contributed by atoms with Crippen LogP contribution in [0.25, 0.3) is 0 Å². The van der Waals surface area contributed by atoms with Crippen molar-refractivity contribution in [1.82, 2.24) is 0 Å². The van der Waals surface area contributed by atoms with Crippen LogP contribution in [0.15, 0.2) is 24.3 Å². The molecule has 0 fully saturated rings. The number of esters is 2. The molecule has 0 saturated carbocycles. The number of ether oxygens (including phenoxy) is 2. The fourth-order valence-corrected chi connectivity index (χ4v) is 0.908. The molecule has 0 aliphatic rings. The van der Waals surface area contributed by atoms with Crippen LogP contribution in [0.1, 0.15) is 13.8 Å².